The third-order valence-corrected chi connectivity index (χ3v) is 0.999. The molecule has 78 valence electrons. The van der Waals surface area contributed by atoms with Crippen molar-refractivity contribution in [2.75, 3.05) is 13.1 Å². The maximum Gasteiger partial charge on any atom is 1.00 e. The first-order valence-corrected chi connectivity index (χ1v) is 4.44. The van der Waals surface area contributed by atoms with Crippen molar-refractivity contribution in [3.8, 4) is 0 Å². The molecule has 0 aromatic carbocycles. The van der Waals surface area contributed by atoms with Gasteiger partial charge in [-0.3, -0.25) is 0 Å². The Hall–Kier alpha value is 0.340. The first-order valence-electron chi connectivity index (χ1n) is 3.62. The predicted molar refractivity (Wildman–Crippen MR) is 57.6 cm³/mol. The third kappa shape index (κ3) is 22.8. The molecule has 14 heavy (non-hydrogen) atoms. The summed E-state index contributed by atoms with van der Waals surface area (Å²) in [6, 6.07) is 0. The number of hydrogen-bond donors (Lipinski definition) is 2. The minimum Gasteiger partial charge on any atom is -0.852 e. The second kappa shape index (κ2) is 13.3. The van der Waals surface area contributed by atoms with Crippen molar-refractivity contribution in [3.05, 3.63) is 0 Å². The van der Waals surface area contributed by atoms with E-state index in [0.29, 0.717) is 0 Å². The molecule has 0 atom stereocenters. The summed E-state index contributed by atoms with van der Waals surface area (Å²) in [7, 11) is 0. The van der Waals surface area contributed by atoms with Crippen LogP contribution >= 0.6 is 24.4 Å². The Labute approximate surface area is 117 Å². The van der Waals surface area contributed by atoms with Crippen molar-refractivity contribution in [1.82, 2.24) is 5.06 Å². The zero-order valence-corrected chi connectivity index (χ0v) is 12.3. The van der Waals surface area contributed by atoms with Crippen LogP contribution in [0.25, 0.3) is 0 Å². The smallest absolute Gasteiger partial charge is 0.852 e. The van der Waals surface area contributed by atoms with Crippen molar-refractivity contribution in [3.63, 3.8) is 0 Å². The molecule has 0 aliphatic carbocycles. The van der Waals surface area contributed by atoms with Crippen LogP contribution in [0.5, 0.6) is 0 Å². The van der Waals surface area contributed by atoms with E-state index in [-0.39, 0.29) is 34.7 Å². The number of thiocarbonyl (C=S) groups is 2. The van der Waals surface area contributed by atoms with Gasteiger partial charge in [0.1, 0.15) is 0 Å². The third-order valence-electron chi connectivity index (χ3n) is 0.924. The van der Waals surface area contributed by atoms with Crippen LogP contribution in [0.15, 0.2) is 0 Å². The molecule has 0 spiro atoms. The van der Waals surface area contributed by atoms with Gasteiger partial charge < -0.3 is 21.4 Å². The first kappa shape index (κ1) is 19.8. The summed E-state index contributed by atoms with van der Waals surface area (Å²) < 4.78 is 0. The molecule has 0 heterocycles. The molecule has 0 unspecified atom stereocenters. The topological polar surface area (TPSA) is 87.6 Å². The Morgan fingerprint density at radius 2 is 1.57 bits per heavy atom. The summed E-state index contributed by atoms with van der Waals surface area (Å²) in [6.45, 7) is 5.55. The van der Waals surface area contributed by atoms with Crippen LogP contribution in [0.2, 0.25) is 0 Å². The Morgan fingerprint density at radius 1 is 1.29 bits per heavy atom. The second-order valence-electron chi connectivity index (χ2n) is 1.84. The van der Waals surface area contributed by atoms with E-state index < -0.39 is 5.17 Å². The molecular weight excluding hydrogens is 233 g/mol. The minimum absolute atomic E-state index is 0. The van der Waals surface area contributed by atoms with Gasteiger partial charge in [-0.1, -0.05) is 12.2 Å². The van der Waals surface area contributed by atoms with Gasteiger partial charge in [0.25, 0.3) is 5.17 Å². The van der Waals surface area contributed by atoms with Gasteiger partial charge in [0, 0.05) is 18.3 Å². The molecule has 4 N–H and O–H groups in total. The molecule has 0 saturated carbocycles. The van der Waals surface area contributed by atoms with Crippen LogP contribution in [-0.2, 0) is 4.84 Å². The fourth-order valence-electron chi connectivity index (χ4n) is 0.480. The zero-order valence-electron chi connectivity index (χ0n) is 8.65. The molecule has 0 aliphatic rings. The van der Waals surface area contributed by atoms with E-state index in [0.717, 1.165) is 13.1 Å². The average molecular weight is 247 g/mol. The predicted octanol–water partition coefficient (Wildman–Crippen LogP) is -3.90. The minimum atomic E-state index is -0.750. The average Bonchev–Trinajstić information content (AvgIpc) is 1.98. The molecule has 0 aromatic rings. The van der Waals surface area contributed by atoms with Gasteiger partial charge in [-0.2, -0.15) is 0 Å². The van der Waals surface area contributed by atoms with Crippen LogP contribution in [0.4, 0.5) is 0 Å². The Morgan fingerprint density at radius 3 is 1.64 bits per heavy atom. The van der Waals surface area contributed by atoms with E-state index in [4.69, 9.17) is 15.7 Å². The molecule has 5 nitrogen and oxygen atoms in total. The maximum atomic E-state index is 9.04. The molecule has 0 fully saturated rings. The summed E-state index contributed by atoms with van der Waals surface area (Å²) >= 11 is 8.28. The van der Waals surface area contributed by atoms with Gasteiger partial charge >= 0.3 is 29.6 Å². The standard InChI is InChI=1S/C5H12N2OS.CH3NOS.Na/c1-3-7(4-2)8-5(6)9;2-1(3)4;/h3-4H2,1-2H3,(H2,6,9);(H3,2,3,4);/q;;+1/p-1. The summed E-state index contributed by atoms with van der Waals surface area (Å²) in [5.41, 5.74) is 9.40. The first-order chi connectivity index (χ1) is 5.93. The van der Waals surface area contributed by atoms with Gasteiger partial charge in [0.05, 0.1) is 0 Å². The zero-order chi connectivity index (χ0) is 10.9. The SMILES string of the molecule is CCN(CC)OC(N)=S.NC([O-])=S.[Na+]. The van der Waals surface area contributed by atoms with Crippen molar-refractivity contribution < 1.29 is 39.5 Å². The Kier molecular flexibility index (Phi) is 18.9. The second-order valence-corrected chi connectivity index (χ2v) is 2.65. The number of rotatable bonds is 3. The Bertz CT molecular complexity index is 163. The number of hydroxylamine groups is 2. The van der Waals surface area contributed by atoms with Crippen molar-refractivity contribution >= 4 is 34.8 Å². The summed E-state index contributed by atoms with van der Waals surface area (Å²) in [5.74, 6) is 0. The summed E-state index contributed by atoms with van der Waals surface area (Å²) in [5, 5.41) is 10.1. The monoisotopic (exact) mass is 247 g/mol. The number of hydrogen-bond acceptors (Lipinski definition) is 5. The number of nitrogens with zero attached hydrogens (tertiary/aromatic N) is 1. The van der Waals surface area contributed by atoms with E-state index in [1.807, 2.05) is 13.8 Å². The quantitative estimate of drug-likeness (QED) is 0.299. The number of nitrogens with two attached hydrogens (primary N) is 2. The van der Waals surface area contributed by atoms with Crippen molar-refractivity contribution in [2.24, 2.45) is 11.5 Å². The largest absolute Gasteiger partial charge is 1.00 e. The molecular formula is C6H14N3NaO2S2. The van der Waals surface area contributed by atoms with Crippen LogP contribution in [0.3, 0.4) is 0 Å². The molecule has 0 aromatic heterocycles. The fourth-order valence-corrected chi connectivity index (χ4v) is 0.585. The fraction of sp³-hybridized carbons (Fsp3) is 0.667. The van der Waals surface area contributed by atoms with E-state index in [9.17, 15) is 0 Å². The van der Waals surface area contributed by atoms with Crippen molar-refractivity contribution in [2.45, 2.75) is 13.8 Å². The van der Waals surface area contributed by atoms with Gasteiger partial charge in [0.15, 0.2) is 0 Å². The normalized spacial score (nSPS) is 7.93. The van der Waals surface area contributed by atoms with Crippen molar-refractivity contribution in [1.29, 1.82) is 0 Å². The maximum absolute atomic E-state index is 9.04. The van der Waals surface area contributed by atoms with E-state index in [2.05, 4.69) is 30.2 Å². The van der Waals surface area contributed by atoms with Crippen LogP contribution in [-0.4, -0.2) is 28.5 Å². The van der Waals surface area contributed by atoms with Gasteiger partial charge in [-0.25, -0.2) is 0 Å². The van der Waals surface area contributed by atoms with Crippen LogP contribution < -0.4 is 46.1 Å². The molecule has 0 aliphatic heterocycles. The summed E-state index contributed by atoms with van der Waals surface area (Å²) in [6.07, 6.45) is 0. The van der Waals surface area contributed by atoms with Crippen LogP contribution in [0.1, 0.15) is 13.8 Å². The molecule has 0 rings (SSSR count). The summed E-state index contributed by atoms with van der Waals surface area (Å²) in [4.78, 5) is 4.89. The van der Waals surface area contributed by atoms with E-state index in [1.165, 1.54) is 0 Å². The molecule has 0 amide bonds. The van der Waals surface area contributed by atoms with Gasteiger partial charge in [0.2, 0.25) is 0 Å². The molecule has 0 saturated heterocycles. The van der Waals surface area contributed by atoms with Gasteiger partial charge in [-0.15, -0.1) is 5.06 Å². The molecule has 0 radical (unpaired) electrons. The molecule has 0 bridgehead atoms. The van der Waals surface area contributed by atoms with E-state index >= 15 is 0 Å². The van der Waals surface area contributed by atoms with E-state index in [1.54, 1.807) is 5.06 Å². The molecule has 8 heteroatoms. The Balaban J connectivity index is -0.000000209. The van der Waals surface area contributed by atoms with Crippen LogP contribution in [0, 0.1) is 0 Å². The van der Waals surface area contributed by atoms with Gasteiger partial charge in [-0.05, 0) is 26.1 Å².